The van der Waals surface area contributed by atoms with E-state index in [1.54, 1.807) is 7.11 Å². The number of carbonyl (C=O) groups is 1. The summed E-state index contributed by atoms with van der Waals surface area (Å²) in [7, 11) is 1.67. The van der Waals surface area contributed by atoms with Gasteiger partial charge in [0, 0.05) is 32.7 Å². The number of rotatable bonds is 6. The largest absolute Gasteiger partial charge is 0.497 e. The SMILES string of the molecule is COc1ccc(CN2CCN(C(=O)Nc3ccccc3OC(C)C)CC2)cc1. The fourth-order valence-corrected chi connectivity index (χ4v) is 3.22. The summed E-state index contributed by atoms with van der Waals surface area (Å²) in [4.78, 5) is 16.9. The third kappa shape index (κ3) is 5.39. The number of methoxy groups -OCH3 is 1. The van der Waals surface area contributed by atoms with E-state index in [2.05, 4.69) is 22.3 Å². The molecule has 2 aromatic rings. The highest BCUT2D eigenvalue weighted by Gasteiger charge is 2.22. The smallest absolute Gasteiger partial charge is 0.322 e. The summed E-state index contributed by atoms with van der Waals surface area (Å²) >= 11 is 0. The quantitative estimate of drug-likeness (QED) is 0.824. The molecule has 0 unspecified atom stereocenters. The normalized spacial score (nSPS) is 14.8. The van der Waals surface area contributed by atoms with E-state index in [0.717, 1.165) is 25.4 Å². The molecule has 0 saturated carbocycles. The van der Waals surface area contributed by atoms with Crippen LogP contribution in [0.2, 0.25) is 0 Å². The summed E-state index contributed by atoms with van der Waals surface area (Å²) in [6.07, 6.45) is 0.0551. The Kier molecular flexibility index (Phi) is 6.76. The molecule has 28 heavy (non-hydrogen) atoms. The van der Waals surface area contributed by atoms with Crippen molar-refractivity contribution in [3.05, 3.63) is 54.1 Å². The van der Waals surface area contributed by atoms with Crippen LogP contribution in [0.5, 0.6) is 11.5 Å². The van der Waals surface area contributed by atoms with Crippen molar-refractivity contribution in [2.24, 2.45) is 0 Å². The molecule has 2 amide bonds. The molecular weight excluding hydrogens is 354 g/mol. The number of urea groups is 1. The van der Waals surface area contributed by atoms with Gasteiger partial charge in [0.1, 0.15) is 11.5 Å². The zero-order valence-corrected chi connectivity index (χ0v) is 16.9. The molecule has 1 saturated heterocycles. The van der Waals surface area contributed by atoms with E-state index >= 15 is 0 Å². The van der Waals surface area contributed by atoms with Crippen LogP contribution in [0.4, 0.5) is 10.5 Å². The molecule has 1 aliphatic rings. The Bertz CT molecular complexity index is 769. The van der Waals surface area contributed by atoms with Crippen molar-refractivity contribution in [2.75, 3.05) is 38.6 Å². The van der Waals surface area contributed by atoms with E-state index in [9.17, 15) is 4.79 Å². The van der Waals surface area contributed by atoms with Gasteiger partial charge < -0.3 is 19.7 Å². The first-order valence-electron chi connectivity index (χ1n) is 9.72. The van der Waals surface area contributed by atoms with Gasteiger partial charge in [0.15, 0.2) is 0 Å². The maximum absolute atomic E-state index is 12.7. The Labute approximate surface area is 167 Å². The minimum absolute atomic E-state index is 0.0551. The van der Waals surface area contributed by atoms with Crippen molar-refractivity contribution >= 4 is 11.7 Å². The first-order chi connectivity index (χ1) is 13.5. The average Bonchev–Trinajstić information content (AvgIpc) is 2.70. The summed E-state index contributed by atoms with van der Waals surface area (Å²) in [5, 5.41) is 2.99. The van der Waals surface area contributed by atoms with Gasteiger partial charge >= 0.3 is 6.03 Å². The van der Waals surface area contributed by atoms with Gasteiger partial charge in [-0.1, -0.05) is 24.3 Å². The van der Waals surface area contributed by atoms with Crippen LogP contribution in [0.15, 0.2) is 48.5 Å². The van der Waals surface area contributed by atoms with Gasteiger partial charge in [-0.3, -0.25) is 4.90 Å². The highest BCUT2D eigenvalue weighted by molar-refractivity contribution is 5.91. The number of carbonyl (C=O) groups excluding carboxylic acids is 1. The molecule has 3 rings (SSSR count). The second-order valence-electron chi connectivity index (χ2n) is 7.20. The van der Waals surface area contributed by atoms with Crippen molar-refractivity contribution in [2.45, 2.75) is 26.5 Å². The Morgan fingerprint density at radius 3 is 2.36 bits per heavy atom. The molecule has 0 spiro atoms. The van der Waals surface area contributed by atoms with Crippen LogP contribution in [-0.2, 0) is 6.54 Å². The van der Waals surface area contributed by atoms with Gasteiger partial charge in [-0.15, -0.1) is 0 Å². The van der Waals surface area contributed by atoms with Crippen LogP contribution in [0, 0.1) is 0 Å². The Balaban J connectivity index is 1.51. The number of amides is 2. The number of hydrogen-bond donors (Lipinski definition) is 1. The van der Waals surface area contributed by atoms with E-state index in [1.165, 1.54) is 5.56 Å². The number of piperazine rings is 1. The summed E-state index contributed by atoms with van der Waals surface area (Å²) < 4.78 is 11.0. The molecular formula is C22H29N3O3. The van der Waals surface area contributed by atoms with E-state index < -0.39 is 0 Å². The maximum Gasteiger partial charge on any atom is 0.322 e. The van der Waals surface area contributed by atoms with Gasteiger partial charge in [0.05, 0.1) is 18.9 Å². The molecule has 6 heteroatoms. The standard InChI is InChI=1S/C22H29N3O3/c1-17(2)28-21-7-5-4-6-20(21)23-22(26)25-14-12-24(13-15-25)16-18-8-10-19(27-3)11-9-18/h4-11,17H,12-16H2,1-3H3,(H,23,26). The fourth-order valence-electron chi connectivity index (χ4n) is 3.22. The molecule has 1 N–H and O–H groups in total. The van der Waals surface area contributed by atoms with Gasteiger partial charge in [-0.2, -0.15) is 0 Å². The second-order valence-corrected chi connectivity index (χ2v) is 7.20. The number of nitrogens with zero attached hydrogens (tertiary/aromatic N) is 2. The molecule has 2 aromatic carbocycles. The minimum Gasteiger partial charge on any atom is -0.497 e. The minimum atomic E-state index is -0.0797. The van der Waals surface area contributed by atoms with Crippen molar-refractivity contribution in [3.63, 3.8) is 0 Å². The Hall–Kier alpha value is -2.73. The average molecular weight is 383 g/mol. The molecule has 0 aromatic heterocycles. The van der Waals surface area contributed by atoms with Crippen molar-refractivity contribution in [3.8, 4) is 11.5 Å². The van der Waals surface area contributed by atoms with Crippen molar-refractivity contribution in [1.29, 1.82) is 0 Å². The van der Waals surface area contributed by atoms with Gasteiger partial charge in [0.2, 0.25) is 0 Å². The molecule has 1 heterocycles. The molecule has 0 atom stereocenters. The van der Waals surface area contributed by atoms with Gasteiger partial charge in [0.25, 0.3) is 0 Å². The lowest BCUT2D eigenvalue weighted by molar-refractivity contribution is 0.143. The van der Waals surface area contributed by atoms with Crippen LogP contribution in [0.1, 0.15) is 19.4 Å². The number of para-hydroxylation sites is 2. The molecule has 0 bridgehead atoms. The van der Waals surface area contributed by atoms with Crippen LogP contribution in [-0.4, -0.2) is 55.2 Å². The van der Waals surface area contributed by atoms with E-state index in [-0.39, 0.29) is 12.1 Å². The van der Waals surface area contributed by atoms with Crippen LogP contribution >= 0.6 is 0 Å². The van der Waals surface area contributed by atoms with Gasteiger partial charge in [-0.05, 0) is 43.7 Å². The van der Waals surface area contributed by atoms with Crippen molar-refractivity contribution < 1.29 is 14.3 Å². The topological polar surface area (TPSA) is 54.0 Å². The number of nitrogens with one attached hydrogen (secondary N) is 1. The van der Waals surface area contributed by atoms with Crippen molar-refractivity contribution in [1.82, 2.24) is 9.80 Å². The summed E-state index contributed by atoms with van der Waals surface area (Å²) in [5.74, 6) is 1.57. The number of ether oxygens (including phenoxy) is 2. The molecule has 0 aliphatic carbocycles. The highest BCUT2D eigenvalue weighted by atomic mass is 16.5. The highest BCUT2D eigenvalue weighted by Crippen LogP contribution is 2.25. The lowest BCUT2D eigenvalue weighted by atomic mass is 10.2. The predicted molar refractivity (Wildman–Crippen MR) is 111 cm³/mol. The van der Waals surface area contributed by atoms with E-state index in [0.29, 0.717) is 24.5 Å². The molecule has 0 radical (unpaired) electrons. The van der Waals surface area contributed by atoms with E-state index in [4.69, 9.17) is 9.47 Å². The van der Waals surface area contributed by atoms with Gasteiger partial charge in [-0.25, -0.2) is 4.79 Å². The summed E-state index contributed by atoms with van der Waals surface area (Å²) in [6.45, 7) is 7.93. The number of anilines is 1. The first-order valence-corrected chi connectivity index (χ1v) is 9.72. The Morgan fingerprint density at radius 2 is 1.71 bits per heavy atom. The maximum atomic E-state index is 12.7. The molecule has 150 valence electrons. The second kappa shape index (κ2) is 9.46. The third-order valence-corrected chi connectivity index (χ3v) is 4.72. The monoisotopic (exact) mass is 383 g/mol. The molecule has 1 fully saturated rings. The predicted octanol–water partition coefficient (Wildman–Crippen LogP) is 3.83. The third-order valence-electron chi connectivity index (χ3n) is 4.72. The Morgan fingerprint density at radius 1 is 1.04 bits per heavy atom. The molecule has 6 nitrogen and oxygen atoms in total. The zero-order valence-electron chi connectivity index (χ0n) is 16.9. The first kappa shape index (κ1) is 20.0. The summed E-state index contributed by atoms with van der Waals surface area (Å²) in [6, 6.07) is 15.6. The number of benzene rings is 2. The number of hydrogen-bond acceptors (Lipinski definition) is 4. The molecule has 1 aliphatic heterocycles. The summed E-state index contributed by atoms with van der Waals surface area (Å²) in [5.41, 5.74) is 1.96. The van der Waals surface area contributed by atoms with Crippen LogP contribution < -0.4 is 14.8 Å². The zero-order chi connectivity index (χ0) is 19.9. The lowest BCUT2D eigenvalue weighted by Gasteiger charge is -2.34. The fraction of sp³-hybridized carbons (Fsp3) is 0.409. The van der Waals surface area contributed by atoms with Crippen LogP contribution in [0.25, 0.3) is 0 Å². The lowest BCUT2D eigenvalue weighted by Crippen LogP contribution is -2.49. The van der Waals surface area contributed by atoms with Crippen LogP contribution in [0.3, 0.4) is 0 Å². The van der Waals surface area contributed by atoms with E-state index in [1.807, 2.05) is 55.1 Å².